The highest BCUT2D eigenvalue weighted by Gasteiger charge is 2.26. The lowest BCUT2D eigenvalue weighted by atomic mass is 9.84. The fourth-order valence-electron chi connectivity index (χ4n) is 3.32. The van der Waals surface area contributed by atoms with E-state index in [2.05, 4.69) is 5.32 Å². The molecule has 1 amide bonds. The molecule has 0 spiro atoms. The minimum Gasteiger partial charge on any atom is -0.382 e. The van der Waals surface area contributed by atoms with Crippen LogP contribution in [0.3, 0.4) is 0 Å². The third-order valence-corrected chi connectivity index (χ3v) is 5.45. The Morgan fingerprint density at radius 2 is 1.88 bits per heavy atom. The van der Waals surface area contributed by atoms with E-state index in [1.807, 2.05) is 0 Å². The highest BCUT2D eigenvalue weighted by molar-refractivity contribution is 6.35. The smallest absolute Gasteiger partial charge is 0.250 e. The second-order valence-electron chi connectivity index (χ2n) is 6.59. The molecule has 0 heterocycles. The van der Waals surface area contributed by atoms with Gasteiger partial charge in [0.25, 0.3) is 0 Å². The van der Waals surface area contributed by atoms with Gasteiger partial charge < -0.3 is 16.2 Å². The van der Waals surface area contributed by atoms with E-state index >= 15 is 0 Å². The molecule has 0 radical (unpaired) electrons. The number of rotatable bonds is 7. The molecule has 6 heteroatoms. The van der Waals surface area contributed by atoms with Crippen molar-refractivity contribution in [1.82, 2.24) is 5.32 Å². The molecule has 1 aliphatic carbocycles. The van der Waals surface area contributed by atoms with Crippen molar-refractivity contribution in [1.29, 1.82) is 0 Å². The van der Waals surface area contributed by atoms with Crippen molar-refractivity contribution in [3.8, 4) is 0 Å². The lowest BCUT2D eigenvalue weighted by Crippen LogP contribution is -2.47. The van der Waals surface area contributed by atoms with E-state index in [9.17, 15) is 9.90 Å². The number of amides is 1. The Labute approximate surface area is 153 Å². The summed E-state index contributed by atoms with van der Waals surface area (Å²) in [4.78, 5) is 12.1. The van der Waals surface area contributed by atoms with E-state index in [-0.39, 0.29) is 0 Å². The molecule has 4 nitrogen and oxygen atoms in total. The Morgan fingerprint density at radius 3 is 2.50 bits per heavy atom. The van der Waals surface area contributed by atoms with Crippen LogP contribution in [-0.4, -0.2) is 29.7 Å². The molecule has 1 aliphatic rings. The summed E-state index contributed by atoms with van der Waals surface area (Å²) in [6.45, 7) is 0.357. The first-order chi connectivity index (χ1) is 11.5. The summed E-state index contributed by atoms with van der Waals surface area (Å²) in [5, 5.41) is 14.0. The molecular weight excluding hydrogens is 347 g/mol. The fourth-order valence-corrected chi connectivity index (χ4v) is 3.90. The maximum atomic E-state index is 12.1. The number of aliphatic hydroxyl groups excluding tert-OH is 1. The van der Waals surface area contributed by atoms with Crippen LogP contribution in [0.4, 0.5) is 0 Å². The number of nitrogens with one attached hydrogen (secondary N) is 1. The molecule has 134 valence electrons. The number of hydrogen-bond donors (Lipinski definition) is 3. The van der Waals surface area contributed by atoms with E-state index in [1.165, 1.54) is 19.3 Å². The van der Waals surface area contributed by atoms with Gasteiger partial charge >= 0.3 is 0 Å². The van der Waals surface area contributed by atoms with E-state index in [4.69, 9.17) is 28.9 Å². The second-order valence-corrected chi connectivity index (χ2v) is 7.40. The molecule has 0 bridgehead atoms. The molecule has 4 N–H and O–H groups in total. The van der Waals surface area contributed by atoms with Crippen molar-refractivity contribution in [3.05, 3.63) is 33.8 Å². The molecular formula is C18H26Cl2N2O2. The highest BCUT2D eigenvalue weighted by atomic mass is 35.5. The summed E-state index contributed by atoms with van der Waals surface area (Å²) in [6.07, 6.45) is 6.05. The Morgan fingerprint density at radius 1 is 1.25 bits per heavy atom. The van der Waals surface area contributed by atoms with Gasteiger partial charge in [-0.25, -0.2) is 0 Å². The van der Waals surface area contributed by atoms with Crippen LogP contribution in [0.5, 0.6) is 0 Å². The molecule has 24 heavy (non-hydrogen) atoms. The third-order valence-electron chi connectivity index (χ3n) is 4.74. The number of carbonyl (C=O) groups is 1. The van der Waals surface area contributed by atoms with Crippen molar-refractivity contribution >= 4 is 29.1 Å². The average molecular weight is 373 g/mol. The highest BCUT2D eigenvalue weighted by Crippen LogP contribution is 2.27. The van der Waals surface area contributed by atoms with Gasteiger partial charge in [0, 0.05) is 22.6 Å². The summed E-state index contributed by atoms with van der Waals surface area (Å²) in [7, 11) is 0. The first-order valence-electron chi connectivity index (χ1n) is 8.63. The van der Waals surface area contributed by atoms with Crippen LogP contribution >= 0.6 is 23.2 Å². The van der Waals surface area contributed by atoms with Crippen LogP contribution in [-0.2, 0) is 11.2 Å². The minimum atomic E-state index is -1.17. The summed E-state index contributed by atoms with van der Waals surface area (Å²) in [5.74, 6) is 0.0969. The second kappa shape index (κ2) is 9.62. The summed E-state index contributed by atoms with van der Waals surface area (Å²) in [6, 6.07) is 4.79. The van der Waals surface area contributed by atoms with Gasteiger partial charge in [0.15, 0.2) is 0 Å². The summed E-state index contributed by atoms with van der Waals surface area (Å²) < 4.78 is 0. The first-order valence-corrected chi connectivity index (χ1v) is 9.39. The van der Waals surface area contributed by atoms with Gasteiger partial charge in [0.1, 0.15) is 6.10 Å². The normalized spacial score (nSPS) is 18.2. The molecule has 0 saturated heterocycles. The maximum Gasteiger partial charge on any atom is 0.250 e. The Balaban J connectivity index is 1.76. The van der Waals surface area contributed by atoms with Gasteiger partial charge in [-0.3, -0.25) is 4.79 Å². The van der Waals surface area contributed by atoms with E-state index in [1.54, 1.807) is 18.2 Å². The Bertz CT molecular complexity index is 528. The number of hydrogen-bond acceptors (Lipinski definition) is 3. The zero-order valence-electron chi connectivity index (χ0n) is 13.8. The topological polar surface area (TPSA) is 75.3 Å². The maximum absolute atomic E-state index is 12.1. The minimum absolute atomic E-state index is 0.357. The van der Waals surface area contributed by atoms with Crippen LogP contribution in [0, 0.1) is 5.92 Å². The van der Waals surface area contributed by atoms with Crippen molar-refractivity contribution in [2.45, 2.75) is 57.1 Å². The number of benzene rings is 1. The molecule has 1 fully saturated rings. The van der Waals surface area contributed by atoms with Gasteiger partial charge in [0.05, 0.1) is 0 Å². The van der Waals surface area contributed by atoms with Gasteiger partial charge in [-0.2, -0.15) is 0 Å². The molecule has 2 atom stereocenters. The van der Waals surface area contributed by atoms with Crippen LogP contribution in [0.2, 0.25) is 10.0 Å². The molecule has 0 aromatic heterocycles. The Hall–Kier alpha value is -0.810. The zero-order valence-corrected chi connectivity index (χ0v) is 15.3. The predicted octanol–water partition coefficient (Wildman–Crippen LogP) is 3.31. The standard InChI is InChI=1S/C18H26Cl2N2O2/c19-14-7-4-8-15(20)13(14)9-10-22-18(24)17(23)16(21)11-12-5-2-1-3-6-12/h4,7-8,12,16-17,23H,1-3,5-6,9-11,21H2,(H,22,24)/t16-,17?/m1/s1. The van der Waals surface area contributed by atoms with Crippen LogP contribution in [0.1, 0.15) is 44.1 Å². The summed E-state index contributed by atoms with van der Waals surface area (Å²) in [5.41, 5.74) is 6.82. The van der Waals surface area contributed by atoms with Crippen LogP contribution in [0.15, 0.2) is 18.2 Å². The molecule has 1 saturated carbocycles. The predicted molar refractivity (Wildman–Crippen MR) is 98.3 cm³/mol. The molecule has 1 unspecified atom stereocenters. The number of aliphatic hydroxyl groups is 1. The van der Waals surface area contributed by atoms with Crippen LogP contribution in [0.25, 0.3) is 0 Å². The van der Waals surface area contributed by atoms with Crippen molar-refractivity contribution in [2.75, 3.05) is 6.54 Å². The first kappa shape index (κ1) is 19.5. The van der Waals surface area contributed by atoms with Gasteiger partial charge in [-0.05, 0) is 36.5 Å². The monoisotopic (exact) mass is 372 g/mol. The number of nitrogens with two attached hydrogens (primary N) is 1. The van der Waals surface area contributed by atoms with E-state index in [0.29, 0.717) is 35.3 Å². The average Bonchev–Trinajstić information content (AvgIpc) is 2.57. The van der Waals surface area contributed by atoms with Crippen molar-refractivity contribution in [2.24, 2.45) is 11.7 Å². The molecule has 1 aromatic carbocycles. The van der Waals surface area contributed by atoms with Crippen molar-refractivity contribution < 1.29 is 9.90 Å². The fraction of sp³-hybridized carbons (Fsp3) is 0.611. The van der Waals surface area contributed by atoms with Crippen LogP contribution < -0.4 is 11.1 Å². The number of carbonyl (C=O) groups excluding carboxylic acids is 1. The van der Waals surface area contributed by atoms with Crippen molar-refractivity contribution in [3.63, 3.8) is 0 Å². The summed E-state index contributed by atoms with van der Waals surface area (Å²) >= 11 is 12.2. The number of halogens is 2. The Kier molecular flexibility index (Phi) is 7.82. The van der Waals surface area contributed by atoms with Gasteiger partial charge in [0.2, 0.25) is 5.91 Å². The zero-order chi connectivity index (χ0) is 17.5. The van der Waals surface area contributed by atoms with Gasteiger partial charge in [-0.1, -0.05) is 61.4 Å². The van der Waals surface area contributed by atoms with Gasteiger partial charge in [-0.15, -0.1) is 0 Å². The quantitative estimate of drug-likeness (QED) is 0.686. The molecule has 1 aromatic rings. The molecule has 2 rings (SSSR count). The molecule has 0 aliphatic heterocycles. The SMILES string of the molecule is N[C@H](CC1CCCCC1)C(O)C(=O)NCCc1c(Cl)cccc1Cl. The largest absolute Gasteiger partial charge is 0.382 e. The lowest BCUT2D eigenvalue weighted by molar-refractivity contribution is -0.130. The van der Waals surface area contributed by atoms with E-state index in [0.717, 1.165) is 18.4 Å². The van der Waals surface area contributed by atoms with E-state index < -0.39 is 18.1 Å². The lowest BCUT2D eigenvalue weighted by Gasteiger charge is -2.26. The third kappa shape index (κ3) is 5.62.